The highest BCUT2D eigenvalue weighted by molar-refractivity contribution is 6.67. The van der Waals surface area contributed by atoms with E-state index in [1.54, 1.807) is 0 Å². The Kier molecular flexibility index (Phi) is 8.55. The van der Waals surface area contributed by atoms with Crippen molar-refractivity contribution in [1.82, 2.24) is 0 Å². The van der Waals surface area contributed by atoms with Gasteiger partial charge in [0.15, 0.2) is 0 Å². The van der Waals surface area contributed by atoms with Gasteiger partial charge in [0.25, 0.3) is 0 Å². The molecule has 1 nitrogen and oxygen atoms in total. The lowest BCUT2D eigenvalue weighted by molar-refractivity contribution is -0.921. The van der Waals surface area contributed by atoms with Crippen molar-refractivity contribution in [2.75, 3.05) is 26.2 Å². The Bertz CT molecular complexity index is 174. The molecule has 0 aliphatic heterocycles. The number of halogens is 3. The van der Waals surface area contributed by atoms with Gasteiger partial charge in [0.2, 0.25) is 0 Å². The van der Waals surface area contributed by atoms with Crippen molar-refractivity contribution in [2.45, 2.75) is 27.7 Å². The van der Waals surface area contributed by atoms with Gasteiger partial charge in [-0.1, -0.05) is 0 Å². The summed E-state index contributed by atoms with van der Waals surface area (Å²) in [5.74, 6) is 0.667. The summed E-state index contributed by atoms with van der Waals surface area (Å²) in [4.78, 5) is 0. The first-order valence-corrected chi connectivity index (χ1v) is 5.33. The maximum Gasteiger partial charge on any atom is 0.557 e. The third-order valence-corrected chi connectivity index (χ3v) is 2.87. The molecule has 0 aromatic rings. The summed E-state index contributed by atoms with van der Waals surface area (Å²) < 4.78 is 33.1. The minimum absolute atomic E-state index is 0.667. The SMILES string of the molecule is C#C[B-](F)(F)F.CC[N+](CC)(CC)CC. The van der Waals surface area contributed by atoms with Gasteiger partial charge in [-0.05, 0) is 27.7 Å². The van der Waals surface area contributed by atoms with Crippen LogP contribution in [0.4, 0.5) is 12.9 Å². The third-order valence-electron chi connectivity index (χ3n) is 2.87. The van der Waals surface area contributed by atoms with Gasteiger partial charge in [-0.2, -0.15) is 6.42 Å². The summed E-state index contributed by atoms with van der Waals surface area (Å²) in [6.45, 7) is 9.26. The van der Waals surface area contributed by atoms with Crippen LogP contribution < -0.4 is 0 Å². The number of quaternary nitrogens is 1. The quantitative estimate of drug-likeness (QED) is 0.390. The van der Waals surface area contributed by atoms with Crippen molar-refractivity contribution >= 4 is 6.98 Å². The monoisotopic (exact) mass is 223 g/mol. The molecule has 0 radical (unpaired) electrons. The second-order valence-electron chi connectivity index (χ2n) is 3.35. The average Bonchev–Trinajstić information content (AvgIpc) is 2.22. The second kappa shape index (κ2) is 7.64. The molecule has 0 saturated carbocycles. The van der Waals surface area contributed by atoms with Gasteiger partial charge in [0.1, 0.15) is 0 Å². The molecule has 0 heterocycles. The molecule has 0 unspecified atom stereocenters. The molecule has 0 fully saturated rings. The van der Waals surface area contributed by atoms with E-state index in [-0.39, 0.29) is 0 Å². The van der Waals surface area contributed by atoms with Crippen molar-refractivity contribution in [3.63, 3.8) is 0 Å². The Hall–Kier alpha value is -0.625. The Labute approximate surface area is 91.3 Å². The molecule has 0 aliphatic carbocycles. The van der Waals surface area contributed by atoms with Crippen LogP contribution in [0.2, 0.25) is 0 Å². The highest BCUT2D eigenvalue weighted by Gasteiger charge is 2.17. The molecule has 0 saturated heterocycles. The van der Waals surface area contributed by atoms with Gasteiger partial charge in [-0.25, -0.2) is 5.82 Å². The summed E-state index contributed by atoms with van der Waals surface area (Å²) >= 11 is 0. The number of terminal acetylenes is 1. The molecular weight excluding hydrogens is 202 g/mol. The number of rotatable bonds is 4. The molecule has 0 amide bonds. The zero-order valence-electron chi connectivity index (χ0n) is 10.1. The summed E-state index contributed by atoms with van der Waals surface area (Å²) in [6, 6.07) is 0. The van der Waals surface area contributed by atoms with Crippen molar-refractivity contribution < 1.29 is 17.4 Å². The van der Waals surface area contributed by atoms with Crippen LogP contribution in [0.3, 0.4) is 0 Å². The van der Waals surface area contributed by atoms with Crippen LogP contribution >= 0.6 is 0 Å². The van der Waals surface area contributed by atoms with E-state index in [1.165, 1.54) is 30.7 Å². The van der Waals surface area contributed by atoms with Crippen molar-refractivity contribution in [3.05, 3.63) is 0 Å². The summed E-state index contributed by atoms with van der Waals surface area (Å²) in [5.41, 5.74) is 0. The number of hydrogen-bond acceptors (Lipinski definition) is 0. The van der Waals surface area contributed by atoms with E-state index in [4.69, 9.17) is 0 Å². The first-order chi connectivity index (χ1) is 6.80. The molecule has 0 spiro atoms. The second-order valence-corrected chi connectivity index (χ2v) is 3.35. The fraction of sp³-hybridized carbons (Fsp3) is 0.800. The Morgan fingerprint density at radius 3 is 1.13 bits per heavy atom. The van der Waals surface area contributed by atoms with E-state index in [0.29, 0.717) is 5.82 Å². The fourth-order valence-corrected chi connectivity index (χ4v) is 1.34. The topological polar surface area (TPSA) is 0 Å². The van der Waals surface area contributed by atoms with Crippen molar-refractivity contribution in [2.24, 2.45) is 0 Å². The molecule has 0 aliphatic rings. The molecule has 0 N–H and O–H groups in total. The molecule has 0 aromatic heterocycles. The fourth-order valence-electron chi connectivity index (χ4n) is 1.34. The Morgan fingerprint density at radius 2 is 1.13 bits per heavy atom. The maximum atomic E-state index is 10.6. The number of nitrogens with zero attached hydrogens (tertiary/aromatic N) is 1. The summed E-state index contributed by atoms with van der Waals surface area (Å²) in [6.07, 6.45) is 3.96. The molecule has 0 aromatic carbocycles. The molecule has 15 heavy (non-hydrogen) atoms. The maximum absolute atomic E-state index is 10.6. The van der Waals surface area contributed by atoms with E-state index in [1.807, 2.05) is 0 Å². The molecule has 0 atom stereocenters. The van der Waals surface area contributed by atoms with E-state index in [2.05, 4.69) is 34.1 Å². The predicted molar refractivity (Wildman–Crippen MR) is 60.3 cm³/mol. The summed E-state index contributed by atoms with van der Waals surface area (Å²) in [5, 5.41) is 0. The molecular formula is C10H21BF3N. The Balaban J connectivity index is 0. The largest absolute Gasteiger partial charge is 0.557 e. The zero-order chi connectivity index (χ0) is 12.5. The van der Waals surface area contributed by atoms with Gasteiger partial charge in [0, 0.05) is 0 Å². The molecule has 90 valence electrons. The minimum atomic E-state index is -4.96. The average molecular weight is 223 g/mol. The highest BCUT2D eigenvalue weighted by atomic mass is 19.4. The van der Waals surface area contributed by atoms with E-state index in [0.717, 1.165) is 0 Å². The van der Waals surface area contributed by atoms with Gasteiger partial charge < -0.3 is 17.4 Å². The van der Waals surface area contributed by atoms with Crippen molar-refractivity contribution in [3.8, 4) is 12.2 Å². The number of hydrogen-bond donors (Lipinski definition) is 0. The van der Waals surface area contributed by atoms with Crippen LogP contribution in [-0.4, -0.2) is 37.6 Å². The van der Waals surface area contributed by atoms with Crippen LogP contribution in [0.5, 0.6) is 0 Å². The van der Waals surface area contributed by atoms with E-state index in [9.17, 15) is 12.9 Å². The van der Waals surface area contributed by atoms with E-state index < -0.39 is 6.98 Å². The first kappa shape index (κ1) is 16.8. The first-order valence-electron chi connectivity index (χ1n) is 5.33. The predicted octanol–water partition coefficient (Wildman–Crippen LogP) is 2.89. The van der Waals surface area contributed by atoms with E-state index >= 15 is 0 Å². The lowest BCUT2D eigenvalue weighted by Gasteiger charge is -2.34. The Morgan fingerprint density at radius 1 is 0.933 bits per heavy atom. The normalized spacial score (nSPS) is 11.3. The lowest BCUT2D eigenvalue weighted by Crippen LogP contribution is -2.47. The highest BCUT2D eigenvalue weighted by Crippen LogP contribution is 2.03. The lowest BCUT2D eigenvalue weighted by atomic mass is 9.95. The minimum Gasteiger partial charge on any atom is -0.438 e. The van der Waals surface area contributed by atoms with Crippen LogP contribution in [0, 0.1) is 12.2 Å². The molecule has 0 bridgehead atoms. The van der Waals surface area contributed by atoms with Gasteiger partial charge >= 0.3 is 6.98 Å². The summed E-state index contributed by atoms with van der Waals surface area (Å²) in [7, 11) is 0. The zero-order valence-corrected chi connectivity index (χ0v) is 10.1. The molecule has 5 heteroatoms. The van der Waals surface area contributed by atoms with Gasteiger partial charge in [-0.3, -0.25) is 0 Å². The van der Waals surface area contributed by atoms with Crippen LogP contribution in [-0.2, 0) is 0 Å². The van der Waals surface area contributed by atoms with Gasteiger partial charge in [-0.15, -0.1) is 0 Å². The molecule has 0 rings (SSSR count). The van der Waals surface area contributed by atoms with Crippen LogP contribution in [0.15, 0.2) is 0 Å². The standard InChI is InChI=1S/C8H20N.C2HBF3/c1-5-9(6-2,7-3)8-4;1-2-3(4,5)6/h5-8H2,1-4H3;1H/q+1;-1. The van der Waals surface area contributed by atoms with Crippen LogP contribution in [0.25, 0.3) is 0 Å². The third kappa shape index (κ3) is 8.37. The van der Waals surface area contributed by atoms with Gasteiger partial charge in [0.05, 0.1) is 26.2 Å². The van der Waals surface area contributed by atoms with Crippen molar-refractivity contribution in [1.29, 1.82) is 0 Å². The van der Waals surface area contributed by atoms with Crippen LogP contribution in [0.1, 0.15) is 27.7 Å². The smallest absolute Gasteiger partial charge is 0.438 e.